The van der Waals surface area contributed by atoms with E-state index in [1.165, 1.54) is 0 Å². The number of aromatic amines is 1. The number of carbonyl (C=O) groups excluding carboxylic acids is 1. The Morgan fingerprint density at radius 1 is 1.56 bits per heavy atom. The number of aliphatic carboxylic acids is 1. The molecule has 1 heterocycles. The first kappa shape index (κ1) is 12.4. The molecule has 1 saturated carbocycles. The largest absolute Gasteiger partial charge is 0.480 e. The highest BCUT2D eigenvalue weighted by Crippen LogP contribution is 2.31. The van der Waals surface area contributed by atoms with Crippen LogP contribution in [0, 0.1) is 0 Å². The first-order valence-corrected chi connectivity index (χ1v) is 5.84. The van der Waals surface area contributed by atoms with E-state index in [2.05, 4.69) is 20.8 Å². The third kappa shape index (κ3) is 2.29. The predicted octanol–water partition coefficient (Wildman–Crippen LogP) is 0.777. The summed E-state index contributed by atoms with van der Waals surface area (Å²) in [6.07, 6.45) is 5.08. The molecule has 1 aliphatic rings. The van der Waals surface area contributed by atoms with Crippen LogP contribution in [0.5, 0.6) is 0 Å². The Morgan fingerprint density at radius 3 is 2.72 bits per heavy atom. The van der Waals surface area contributed by atoms with Gasteiger partial charge in [-0.1, -0.05) is 0 Å². The second kappa shape index (κ2) is 4.67. The summed E-state index contributed by atoms with van der Waals surface area (Å²) in [7, 11) is 0. The van der Waals surface area contributed by atoms with Gasteiger partial charge in [-0.2, -0.15) is 5.10 Å². The van der Waals surface area contributed by atoms with Crippen molar-refractivity contribution in [2.75, 3.05) is 0 Å². The molecule has 0 bridgehead atoms. The Balaban J connectivity index is 1.91. The van der Waals surface area contributed by atoms with Gasteiger partial charge in [-0.25, -0.2) is 9.59 Å². The van der Waals surface area contributed by atoms with Gasteiger partial charge in [0, 0.05) is 11.8 Å². The lowest BCUT2D eigenvalue weighted by Crippen LogP contribution is -2.61. The fourth-order valence-corrected chi connectivity index (χ4v) is 1.95. The molecule has 1 aliphatic carbocycles. The van der Waals surface area contributed by atoms with Gasteiger partial charge in [0.2, 0.25) is 0 Å². The molecule has 1 unspecified atom stereocenters. The highest BCUT2D eigenvalue weighted by Gasteiger charge is 2.45. The average Bonchev–Trinajstić information content (AvgIpc) is 2.76. The minimum absolute atomic E-state index is 0.227. The van der Waals surface area contributed by atoms with E-state index in [0.717, 1.165) is 12.0 Å². The minimum Gasteiger partial charge on any atom is -0.480 e. The number of aromatic nitrogens is 2. The molecule has 0 aromatic carbocycles. The van der Waals surface area contributed by atoms with E-state index < -0.39 is 17.5 Å². The van der Waals surface area contributed by atoms with Gasteiger partial charge in [-0.05, 0) is 26.2 Å². The van der Waals surface area contributed by atoms with Crippen LogP contribution >= 0.6 is 0 Å². The van der Waals surface area contributed by atoms with Gasteiger partial charge in [-0.15, -0.1) is 0 Å². The van der Waals surface area contributed by atoms with E-state index in [1.54, 1.807) is 19.3 Å². The monoisotopic (exact) mass is 252 g/mol. The van der Waals surface area contributed by atoms with E-state index in [-0.39, 0.29) is 6.04 Å². The number of nitrogens with one attached hydrogen (secondary N) is 3. The van der Waals surface area contributed by atoms with Gasteiger partial charge in [-0.3, -0.25) is 5.10 Å². The zero-order chi connectivity index (χ0) is 13.2. The van der Waals surface area contributed by atoms with Crippen LogP contribution in [0.2, 0.25) is 0 Å². The molecule has 18 heavy (non-hydrogen) atoms. The van der Waals surface area contributed by atoms with Crippen LogP contribution < -0.4 is 10.6 Å². The van der Waals surface area contributed by atoms with Crippen molar-refractivity contribution in [2.45, 2.75) is 37.8 Å². The second-order valence-electron chi connectivity index (χ2n) is 4.59. The summed E-state index contributed by atoms with van der Waals surface area (Å²) in [6, 6.07) is -0.694. The Kier molecular flexibility index (Phi) is 3.22. The number of hydrogen-bond acceptors (Lipinski definition) is 3. The SMILES string of the molecule is CC(NC(=O)NC1(C(=O)O)CCC1)c1cn[nH]c1. The Hall–Kier alpha value is -2.05. The van der Waals surface area contributed by atoms with Crippen molar-refractivity contribution in [2.24, 2.45) is 0 Å². The zero-order valence-electron chi connectivity index (χ0n) is 10.1. The molecule has 1 fully saturated rings. The Morgan fingerprint density at radius 2 is 2.28 bits per heavy atom. The van der Waals surface area contributed by atoms with Crippen molar-refractivity contribution in [3.05, 3.63) is 18.0 Å². The molecule has 98 valence electrons. The van der Waals surface area contributed by atoms with Crippen LogP contribution in [-0.4, -0.2) is 32.8 Å². The maximum absolute atomic E-state index is 11.7. The summed E-state index contributed by atoms with van der Waals surface area (Å²) in [5.41, 5.74) is -0.247. The van der Waals surface area contributed by atoms with Crippen LogP contribution in [-0.2, 0) is 4.79 Å². The molecular formula is C11H16N4O3. The lowest BCUT2D eigenvalue weighted by atomic mass is 9.77. The highest BCUT2D eigenvalue weighted by molar-refractivity contribution is 5.87. The molecule has 0 saturated heterocycles. The summed E-state index contributed by atoms with van der Waals surface area (Å²) < 4.78 is 0. The van der Waals surface area contributed by atoms with Crippen molar-refractivity contribution in [1.82, 2.24) is 20.8 Å². The van der Waals surface area contributed by atoms with Crippen LogP contribution in [0.25, 0.3) is 0 Å². The minimum atomic E-state index is -1.08. The molecule has 1 aromatic heterocycles. The molecule has 0 radical (unpaired) electrons. The molecule has 2 rings (SSSR count). The van der Waals surface area contributed by atoms with E-state index >= 15 is 0 Å². The van der Waals surface area contributed by atoms with Crippen LogP contribution in [0.4, 0.5) is 4.79 Å². The van der Waals surface area contributed by atoms with Gasteiger partial charge < -0.3 is 15.7 Å². The first-order valence-electron chi connectivity index (χ1n) is 5.84. The molecular weight excluding hydrogens is 236 g/mol. The molecule has 2 amide bonds. The van der Waals surface area contributed by atoms with Crippen molar-refractivity contribution in [3.8, 4) is 0 Å². The number of nitrogens with zero attached hydrogens (tertiary/aromatic N) is 1. The summed E-state index contributed by atoms with van der Waals surface area (Å²) in [6.45, 7) is 1.80. The fraction of sp³-hybridized carbons (Fsp3) is 0.545. The zero-order valence-corrected chi connectivity index (χ0v) is 10.1. The van der Waals surface area contributed by atoms with Crippen molar-refractivity contribution >= 4 is 12.0 Å². The Bertz CT molecular complexity index is 439. The molecule has 0 spiro atoms. The van der Waals surface area contributed by atoms with Gasteiger partial charge in [0.05, 0.1) is 12.2 Å². The quantitative estimate of drug-likeness (QED) is 0.635. The third-order valence-corrected chi connectivity index (χ3v) is 3.34. The summed E-state index contributed by atoms with van der Waals surface area (Å²) in [4.78, 5) is 22.8. The summed E-state index contributed by atoms with van der Waals surface area (Å²) in [5, 5.41) is 20.8. The number of carboxylic acid groups (broad SMARTS) is 1. The number of amides is 2. The summed E-state index contributed by atoms with van der Waals surface area (Å²) in [5.74, 6) is -0.972. The fourth-order valence-electron chi connectivity index (χ4n) is 1.95. The van der Waals surface area contributed by atoms with Gasteiger partial charge in [0.1, 0.15) is 5.54 Å². The predicted molar refractivity (Wildman–Crippen MR) is 62.9 cm³/mol. The van der Waals surface area contributed by atoms with Gasteiger partial charge >= 0.3 is 12.0 Å². The van der Waals surface area contributed by atoms with Crippen LogP contribution in [0.15, 0.2) is 12.4 Å². The highest BCUT2D eigenvalue weighted by atomic mass is 16.4. The van der Waals surface area contributed by atoms with E-state index in [9.17, 15) is 9.59 Å². The molecule has 1 aromatic rings. The Labute approximate surface area is 104 Å². The lowest BCUT2D eigenvalue weighted by Gasteiger charge is -2.38. The maximum atomic E-state index is 11.7. The van der Waals surface area contributed by atoms with E-state index in [4.69, 9.17) is 5.11 Å². The molecule has 1 atom stereocenters. The van der Waals surface area contributed by atoms with Crippen molar-refractivity contribution < 1.29 is 14.7 Å². The number of urea groups is 1. The van der Waals surface area contributed by atoms with Crippen molar-refractivity contribution in [3.63, 3.8) is 0 Å². The average molecular weight is 252 g/mol. The summed E-state index contributed by atoms with van der Waals surface area (Å²) >= 11 is 0. The standard InChI is InChI=1S/C11H16N4O3/c1-7(8-5-12-13-6-8)14-10(18)15-11(9(16)17)3-2-4-11/h5-7H,2-4H2,1H3,(H,12,13)(H,16,17)(H2,14,15,18). The van der Waals surface area contributed by atoms with Gasteiger partial charge in [0.15, 0.2) is 0 Å². The number of hydrogen-bond donors (Lipinski definition) is 4. The topological polar surface area (TPSA) is 107 Å². The molecule has 0 aliphatic heterocycles. The van der Waals surface area contributed by atoms with Crippen molar-refractivity contribution in [1.29, 1.82) is 0 Å². The maximum Gasteiger partial charge on any atom is 0.329 e. The second-order valence-corrected chi connectivity index (χ2v) is 4.59. The molecule has 7 nitrogen and oxygen atoms in total. The molecule has 4 N–H and O–H groups in total. The van der Waals surface area contributed by atoms with Gasteiger partial charge in [0.25, 0.3) is 0 Å². The third-order valence-electron chi connectivity index (χ3n) is 3.34. The van der Waals surface area contributed by atoms with Crippen LogP contribution in [0.3, 0.4) is 0 Å². The van der Waals surface area contributed by atoms with Crippen LogP contribution in [0.1, 0.15) is 37.8 Å². The first-order chi connectivity index (χ1) is 8.53. The number of carbonyl (C=O) groups is 2. The number of rotatable bonds is 4. The lowest BCUT2D eigenvalue weighted by molar-refractivity contribution is -0.148. The normalized spacial score (nSPS) is 18.5. The van der Waals surface area contributed by atoms with E-state index in [1.807, 2.05) is 0 Å². The number of H-pyrrole nitrogens is 1. The van der Waals surface area contributed by atoms with E-state index in [0.29, 0.717) is 12.8 Å². The molecule has 7 heteroatoms. The number of carboxylic acids is 1. The smallest absolute Gasteiger partial charge is 0.329 e.